The van der Waals surface area contributed by atoms with Crippen molar-refractivity contribution < 1.29 is 19.1 Å². The maximum atomic E-state index is 12.3. The van der Waals surface area contributed by atoms with E-state index in [0.717, 1.165) is 12.0 Å². The van der Waals surface area contributed by atoms with E-state index >= 15 is 0 Å². The second-order valence-corrected chi connectivity index (χ2v) is 5.66. The summed E-state index contributed by atoms with van der Waals surface area (Å²) in [5.41, 5.74) is 2.83. The van der Waals surface area contributed by atoms with Crippen LogP contribution in [-0.4, -0.2) is 55.1 Å². The number of rotatable bonds is 7. The van der Waals surface area contributed by atoms with Crippen molar-refractivity contribution >= 4 is 24.3 Å². The van der Waals surface area contributed by atoms with Gasteiger partial charge in [0.1, 0.15) is 5.69 Å². The van der Waals surface area contributed by atoms with Gasteiger partial charge in [-0.1, -0.05) is 11.2 Å². The molecule has 1 aliphatic heterocycles. The van der Waals surface area contributed by atoms with Crippen molar-refractivity contribution in [2.45, 2.75) is 13.0 Å². The summed E-state index contributed by atoms with van der Waals surface area (Å²) in [7, 11) is 0.836. The van der Waals surface area contributed by atoms with Gasteiger partial charge in [0.2, 0.25) is 0 Å². The largest absolute Gasteiger partial charge is 0.491 e. The van der Waals surface area contributed by atoms with Crippen LogP contribution in [0.25, 0.3) is 0 Å². The zero-order valence-electron chi connectivity index (χ0n) is 13.9. The molecule has 1 amide bonds. The fraction of sp³-hybridized carbons (Fsp3) is 0.400. The Morgan fingerprint density at radius 2 is 2.24 bits per heavy atom. The van der Waals surface area contributed by atoms with Crippen molar-refractivity contribution in [2.75, 3.05) is 32.1 Å². The van der Waals surface area contributed by atoms with Crippen LogP contribution in [0.5, 0.6) is 0 Å². The number of carbonyl (C=O) groups is 1. The Labute approximate surface area is 145 Å². The average molecular weight is 345 g/mol. The van der Waals surface area contributed by atoms with Gasteiger partial charge in [-0.25, -0.2) is 4.63 Å². The standard InChI is InChI=1S/C15H20BN5O4/c1-17-9-13-14(21-25-20-13)18-5-6-19-15(22)11-3-2-10-4-7-24-16(23)12(10)8-11/h2-3,8,17,23H,4-7,9H2,1H3,(H,18,21)(H,19,22). The van der Waals surface area contributed by atoms with Crippen LogP contribution in [0.1, 0.15) is 21.6 Å². The summed E-state index contributed by atoms with van der Waals surface area (Å²) in [4.78, 5) is 12.3. The number of benzene rings is 1. The van der Waals surface area contributed by atoms with Gasteiger partial charge in [0.15, 0.2) is 5.82 Å². The molecule has 2 aromatic rings. The molecule has 0 saturated heterocycles. The molecule has 132 valence electrons. The fourth-order valence-corrected chi connectivity index (χ4v) is 2.65. The molecule has 3 rings (SSSR count). The lowest BCUT2D eigenvalue weighted by Gasteiger charge is -2.19. The number of carbonyl (C=O) groups excluding carboxylic acids is 1. The topological polar surface area (TPSA) is 122 Å². The van der Waals surface area contributed by atoms with Crippen molar-refractivity contribution in [2.24, 2.45) is 0 Å². The van der Waals surface area contributed by atoms with Gasteiger partial charge in [-0.2, -0.15) is 0 Å². The van der Waals surface area contributed by atoms with Crippen molar-refractivity contribution in [3.05, 3.63) is 35.0 Å². The summed E-state index contributed by atoms with van der Waals surface area (Å²) in [5, 5.41) is 26.3. The lowest BCUT2D eigenvalue weighted by atomic mass is 9.73. The lowest BCUT2D eigenvalue weighted by Crippen LogP contribution is -2.42. The first kappa shape index (κ1) is 17.4. The number of nitrogens with one attached hydrogen (secondary N) is 3. The molecule has 0 aliphatic carbocycles. The van der Waals surface area contributed by atoms with Crippen molar-refractivity contribution in [3.8, 4) is 0 Å². The van der Waals surface area contributed by atoms with Crippen molar-refractivity contribution in [3.63, 3.8) is 0 Å². The van der Waals surface area contributed by atoms with Gasteiger partial charge in [0, 0.05) is 31.8 Å². The summed E-state index contributed by atoms with van der Waals surface area (Å²) >= 11 is 0. The van der Waals surface area contributed by atoms with E-state index in [4.69, 9.17) is 4.65 Å². The van der Waals surface area contributed by atoms with Crippen LogP contribution in [0.4, 0.5) is 5.82 Å². The first-order chi connectivity index (χ1) is 12.2. The third kappa shape index (κ3) is 4.16. The van der Waals surface area contributed by atoms with Crippen LogP contribution in [0, 0.1) is 0 Å². The molecule has 9 nitrogen and oxygen atoms in total. The number of amides is 1. The number of fused-ring (bicyclic) bond motifs is 1. The van der Waals surface area contributed by atoms with Gasteiger partial charge in [-0.3, -0.25) is 4.79 Å². The summed E-state index contributed by atoms with van der Waals surface area (Å²) in [6.07, 6.45) is 0.735. The number of nitrogens with zero attached hydrogens (tertiary/aromatic N) is 2. The monoisotopic (exact) mass is 345 g/mol. The number of hydrogen-bond donors (Lipinski definition) is 4. The molecule has 1 aromatic carbocycles. The maximum absolute atomic E-state index is 12.3. The van der Waals surface area contributed by atoms with Crippen LogP contribution >= 0.6 is 0 Å². The van der Waals surface area contributed by atoms with E-state index in [9.17, 15) is 9.82 Å². The Morgan fingerprint density at radius 3 is 3.08 bits per heavy atom. The van der Waals surface area contributed by atoms with Gasteiger partial charge in [0.25, 0.3) is 5.91 Å². The minimum absolute atomic E-state index is 0.212. The van der Waals surface area contributed by atoms with Gasteiger partial charge in [-0.05, 0) is 41.8 Å². The molecule has 1 aliphatic rings. The van der Waals surface area contributed by atoms with E-state index in [1.807, 2.05) is 6.07 Å². The smallest absolute Gasteiger partial charge is 0.423 e. The van der Waals surface area contributed by atoms with Crippen LogP contribution in [0.2, 0.25) is 0 Å². The SMILES string of the molecule is CNCc1nonc1NCCNC(=O)c1ccc2c(c1)B(O)OCC2. The number of anilines is 1. The quantitative estimate of drug-likeness (QED) is 0.368. The molecule has 2 heterocycles. The molecule has 10 heteroatoms. The molecule has 25 heavy (non-hydrogen) atoms. The molecule has 0 unspecified atom stereocenters. The summed E-state index contributed by atoms with van der Waals surface area (Å²) in [6, 6.07) is 5.29. The highest BCUT2D eigenvalue weighted by atomic mass is 16.6. The summed E-state index contributed by atoms with van der Waals surface area (Å²) < 4.78 is 9.88. The molecular formula is C15H20BN5O4. The Balaban J connectivity index is 1.51. The van der Waals surface area contributed by atoms with Crippen molar-refractivity contribution in [1.29, 1.82) is 0 Å². The van der Waals surface area contributed by atoms with E-state index < -0.39 is 7.12 Å². The maximum Gasteiger partial charge on any atom is 0.491 e. The molecule has 0 spiro atoms. The predicted molar refractivity (Wildman–Crippen MR) is 91.6 cm³/mol. The second kappa shape index (κ2) is 8.10. The molecule has 0 bridgehead atoms. The van der Waals surface area contributed by atoms with E-state index in [2.05, 4.69) is 30.9 Å². The zero-order chi connectivity index (χ0) is 17.6. The van der Waals surface area contributed by atoms with E-state index in [0.29, 0.717) is 48.8 Å². The highest BCUT2D eigenvalue weighted by Crippen LogP contribution is 2.10. The summed E-state index contributed by atoms with van der Waals surface area (Å²) in [6.45, 7) is 1.91. The minimum atomic E-state index is -0.969. The molecule has 0 atom stereocenters. The normalized spacial score (nSPS) is 13.4. The number of aromatic nitrogens is 2. The van der Waals surface area contributed by atoms with Crippen LogP contribution in [-0.2, 0) is 17.6 Å². The van der Waals surface area contributed by atoms with Crippen molar-refractivity contribution in [1.82, 2.24) is 20.9 Å². The lowest BCUT2D eigenvalue weighted by molar-refractivity contribution is 0.0955. The van der Waals surface area contributed by atoms with E-state index in [1.165, 1.54) is 0 Å². The Bertz CT molecular complexity index is 738. The minimum Gasteiger partial charge on any atom is -0.423 e. The average Bonchev–Trinajstić information content (AvgIpc) is 3.06. The molecule has 0 fully saturated rings. The summed E-state index contributed by atoms with van der Waals surface area (Å²) in [5.74, 6) is 0.341. The van der Waals surface area contributed by atoms with Crippen LogP contribution in [0.15, 0.2) is 22.8 Å². The Morgan fingerprint density at radius 1 is 1.36 bits per heavy atom. The Hall–Kier alpha value is -2.43. The molecule has 1 aromatic heterocycles. The highest BCUT2D eigenvalue weighted by molar-refractivity contribution is 6.61. The first-order valence-corrected chi connectivity index (χ1v) is 8.09. The van der Waals surface area contributed by atoms with Gasteiger partial charge in [0.05, 0.1) is 0 Å². The third-order valence-electron chi connectivity index (χ3n) is 3.92. The van der Waals surface area contributed by atoms with E-state index in [1.54, 1.807) is 19.2 Å². The van der Waals surface area contributed by atoms with Crippen LogP contribution < -0.4 is 21.4 Å². The van der Waals surface area contributed by atoms with Crippen LogP contribution in [0.3, 0.4) is 0 Å². The third-order valence-corrected chi connectivity index (χ3v) is 3.92. The van der Waals surface area contributed by atoms with Gasteiger partial charge < -0.3 is 25.6 Å². The second-order valence-electron chi connectivity index (χ2n) is 5.66. The first-order valence-electron chi connectivity index (χ1n) is 8.09. The fourth-order valence-electron chi connectivity index (χ4n) is 2.65. The van der Waals surface area contributed by atoms with Gasteiger partial charge >= 0.3 is 7.12 Å². The van der Waals surface area contributed by atoms with Gasteiger partial charge in [-0.15, -0.1) is 0 Å². The number of hydrogen-bond acceptors (Lipinski definition) is 8. The molecule has 4 N–H and O–H groups in total. The zero-order valence-corrected chi connectivity index (χ0v) is 13.9. The molecule has 0 radical (unpaired) electrons. The highest BCUT2D eigenvalue weighted by Gasteiger charge is 2.25. The predicted octanol–water partition coefficient (Wildman–Crippen LogP) is -1.11. The Kier molecular flexibility index (Phi) is 5.64. The molecular weight excluding hydrogens is 325 g/mol. The van der Waals surface area contributed by atoms with E-state index in [-0.39, 0.29) is 5.91 Å². The molecule has 0 saturated carbocycles.